The van der Waals surface area contributed by atoms with Crippen LogP contribution in [0.25, 0.3) is 0 Å². The van der Waals surface area contributed by atoms with Crippen LogP contribution in [0.2, 0.25) is 0 Å². The van der Waals surface area contributed by atoms with Gasteiger partial charge in [-0.1, -0.05) is 26.1 Å². The summed E-state index contributed by atoms with van der Waals surface area (Å²) in [6.07, 6.45) is 2.24. The highest BCUT2D eigenvalue weighted by molar-refractivity contribution is 7.80. The van der Waals surface area contributed by atoms with Crippen LogP contribution in [-0.2, 0) is 9.53 Å². The number of aliphatic hydroxyl groups is 1. The lowest BCUT2D eigenvalue weighted by atomic mass is 9.80. The van der Waals surface area contributed by atoms with E-state index >= 15 is 0 Å². The Balaban J connectivity index is 2.81. The molecule has 20 heavy (non-hydrogen) atoms. The van der Waals surface area contributed by atoms with E-state index in [1.165, 1.54) is 0 Å². The third-order valence-electron chi connectivity index (χ3n) is 4.39. The zero-order valence-electron chi connectivity index (χ0n) is 12.6. The van der Waals surface area contributed by atoms with Crippen molar-refractivity contribution < 1.29 is 14.6 Å². The highest BCUT2D eigenvalue weighted by Crippen LogP contribution is 2.31. The van der Waals surface area contributed by atoms with Crippen LogP contribution < -0.4 is 5.73 Å². The molecule has 0 aromatic carbocycles. The number of carbonyl (C=O) groups excluding carboxylic acids is 1. The lowest BCUT2D eigenvalue weighted by Gasteiger charge is -2.39. The fourth-order valence-electron chi connectivity index (χ4n) is 2.79. The molecule has 0 radical (unpaired) electrons. The quantitative estimate of drug-likeness (QED) is 0.718. The van der Waals surface area contributed by atoms with Crippen molar-refractivity contribution in [1.29, 1.82) is 0 Å². The van der Waals surface area contributed by atoms with Gasteiger partial charge in [0.25, 0.3) is 0 Å². The van der Waals surface area contributed by atoms with E-state index < -0.39 is 11.0 Å². The summed E-state index contributed by atoms with van der Waals surface area (Å²) in [7, 11) is 1.70. The monoisotopic (exact) mass is 302 g/mol. The highest BCUT2D eigenvalue weighted by Gasteiger charge is 2.42. The molecule has 116 valence electrons. The number of ether oxygens (including phenoxy) is 1. The second kappa shape index (κ2) is 6.83. The number of hydrogen-bond acceptors (Lipinski definition) is 4. The van der Waals surface area contributed by atoms with Crippen LogP contribution in [0.15, 0.2) is 0 Å². The number of amides is 1. The molecule has 0 atom stereocenters. The maximum atomic E-state index is 12.7. The minimum absolute atomic E-state index is 0.102. The molecule has 0 aromatic rings. The van der Waals surface area contributed by atoms with E-state index in [0.29, 0.717) is 45.4 Å². The Kier molecular flexibility index (Phi) is 5.91. The smallest absolute Gasteiger partial charge is 0.235 e. The van der Waals surface area contributed by atoms with Crippen LogP contribution in [0.3, 0.4) is 0 Å². The van der Waals surface area contributed by atoms with E-state index in [1.54, 1.807) is 11.9 Å². The normalized spacial score (nSPS) is 18.6. The predicted molar refractivity (Wildman–Crippen MR) is 82.4 cm³/mol. The van der Waals surface area contributed by atoms with Gasteiger partial charge in [0.2, 0.25) is 5.91 Å². The minimum Gasteiger partial charge on any atom is -0.392 e. The van der Waals surface area contributed by atoms with Gasteiger partial charge in [0.05, 0.1) is 16.0 Å². The Morgan fingerprint density at radius 3 is 2.30 bits per heavy atom. The van der Waals surface area contributed by atoms with Crippen LogP contribution in [0.5, 0.6) is 0 Å². The molecule has 1 amide bonds. The van der Waals surface area contributed by atoms with Gasteiger partial charge in [0.15, 0.2) is 0 Å². The molecule has 0 saturated carbocycles. The summed E-state index contributed by atoms with van der Waals surface area (Å²) in [6, 6.07) is 0. The van der Waals surface area contributed by atoms with Crippen LogP contribution in [-0.4, -0.2) is 53.3 Å². The average molecular weight is 302 g/mol. The lowest BCUT2D eigenvalue weighted by Crippen LogP contribution is -2.54. The van der Waals surface area contributed by atoms with E-state index in [2.05, 4.69) is 0 Å². The first-order valence-corrected chi connectivity index (χ1v) is 7.58. The molecule has 0 unspecified atom stereocenters. The zero-order chi connectivity index (χ0) is 15.4. The van der Waals surface area contributed by atoms with Crippen molar-refractivity contribution in [3.63, 3.8) is 0 Å². The summed E-state index contributed by atoms with van der Waals surface area (Å²) in [5.41, 5.74) is 4.13. The Morgan fingerprint density at radius 2 is 1.90 bits per heavy atom. The molecule has 5 nitrogen and oxygen atoms in total. The Hall–Kier alpha value is -0.720. The largest absolute Gasteiger partial charge is 0.392 e. The zero-order valence-corrected chi connectivity index (χ0v) is 13.5. The first kappa shape index (κ1) is 17.3. The molecule has 1 rings (SSSR count). The molecule has 1 aliphatic heterocycles. The number of carbonyl (C=O) groups is 1. The van der Waals surface area contributed by atoms with Gasteiger partial charge in [-0.25, -0.2) is 0 Å². The number of nitrogens with zero attached hydrogens (tertiary/aromatic N) is 1. The van der Waals surface area contributed by atoms with Gasteiger partial charge in [-0.2, -0.15) is 0 Å². The molecule has 0 bridgehead atoms. The molecular weight excluding hydrogens is 276 g/mol. The number of rotatable bonds is 6. The molecule has 1 aliphatic rings. The van der Waals surface area contributed by atoms with Gasteiger partial charge in [-0.3, -0.25) is 4.79 Å². The van der Waals surface area contributed by atoms with Gasteiger partial charge in [-0.05, 0) is 12.8 Å². The average Bonchev–Trinajstić information content (AvgIpc) is 2.40. The topological polar surface area (TPSA) is 75.8 Å². The van der Waals surface area contributed by atoms with Crippen molar-refractivity contribution in [2.24, 2.45) is 11.1 Å². The fraction of sp³-hybridized carbons (Fsp3) is 0.857. The number of thiocarbonyl (C=S) groups is 1. The van der Waals surface area contributed by atoms with Crippen molar-refractivity contribution in [1.82, 2.24) is 4.90 Å². The van der Waals surface area contributed by atoms with Crippen LogP contribution >= 0.6 is 12.2 Å². The molecular formula is C14H26N2O3S. The van der Waals surface area contributed by atoms with Gasteiger partial charge < -0.3 is 20.5 Å². The molecule has 0 spiro atoms. The standard InChI is InChI=1S/C14H26N2O3S/c1-4-14(5-2,11(15)20)12(17)16(3)10-13(18)6-8-19-9-7-13/h18H,4-10H2,1-3H3,(H2,15,20). The van der Waals surface area contributed by atoms with E-state index in [4.69, 9.17) is 22.7 Å². The predicted octanol–water partition coefficient (Wildman–Crippen LogP) is 1.08. The number of nitrogens with two attached hydrogens (primary N) is 1. The van der Waals surface area contributed by atoms with Crippen LogP contribution in [0, 0.1) is 5.41 Å². The second-order valence-electron chi connectivity index (χ2n) is 5.65. The minimum atomic E-state index is -0.869. The van der Waals surface area contributed by atoms with Gasteiger partial charge in [-0.15, -0.1) is 0 Å². The van der Waals surface area contributed by atoms with E-state index in [1.807, 2.05) is 13.8 Å². The maximum absolute atomic E-state index is 12.7. The fourth-order valence-corrected chi connectivity index (χ4v) is 3.17. The van der Waals surface area contributed by atoms with Crippen molar-refractivity contribution in [3.05, 3.63) is 0 Å². The van der Waals surface area contributed by atoms with Crippen molar-refractivity contribution >= 4 is 23.1 Å². The SMILES string of the molecule is CCC(CC)(C(=O)N(C)CC1(O)CCOCC1)C(N)=S. The highest BCUT2D eigenvalue weighted by atomic mass is 32.1. The maximum Gasteiger partial charge on any atom is 0.235 e. The number of hydrogen-bond donors (Lipinski definition) is 2. The molecule has 0 aromatic heterocycles. The van der Waals surface area contributed by atoms with Crippen LogP contribution in [0.1, 0.15) is 39.5 Å². The molecule has 3 N–H and O–H groups in total. The van der Waals surface area contributed by atoms with Gasteiger partial charge in [0, 0.05) is 39.6 Å². The molecule has 1 heterocycles. The summed E-state index contributed by atoms with van der Waals surface area (Å²) >= 11 is 5.10. The van der Waals surface area contributed by atoms with Crippen LogP contribution in [0.4, 0.5) is 0 Å². The first-order valence-electron chi connectivity index (χ1n) is 7.17. The van der Waals surface area contributed by atoms with Crippen molar-refractivity contribution in [2.75, 3.05) is 26.8 Å². The number of likely N-dealkylation sites (N-methyl/N-ethyl adjacent to an activating group) is 1. The third kappa shape index (κ3) is 3.48. The van der Waals surface area contributed by atoms with E-state index in [9.17, 15) is 9.90 Å². The van der Waals surface area contributed by atoms with Gasteiger partial charge in [0.1, 0.15) is 0 Å². The second-order valence-corrected chi connectivity index (χ2v) is 6.09. The van der Waals surface area contributed by atoms with E-state index in [-0.39, 0.29) is 10.9 Å². The summed E-state index contributed by atoms with van der Waals surface area (Å²) in [5.74, 6) is -0.102. The Bertz CT molecular complexity index is 363. The van der Waals surface area contributed by atoms with Crippen molar-refractivity contribution in [3.8, 4) is 0 Å². The molecule has 1 fully saturated rings. The van der Waals surface area contributed by atoms with Crippen molar-refractivity contribution in [2.45, 2.75) is 45.1 Å². The summed E-state index contributed by atoms with van der Waals surface area (Å²) in [5, 5.41) is 10.5. The van der Waals surface area contributed by atoms with Gasteiger partial charge >= 0.3 is 0 Å². The first-order chi connectivity index (χ1) is 9.31. The molecule has 6 heteroatoms. The Morgan fingerprint density at radius 1 is 1.40 bits per heavy atom. The van der Waals surface area contributed by atoms with E-state index in [0.717, 1.165) is 0 Å². The summed E-state index contributed by atoms with van der Waals surface area (Å²) in [4.78, 5) is 14.5. The third-order valence-corrected chi connectivity index (χ3v) is 4.78. The summed E-state index contributed by atoms with van der Waals surface area (Å²) < 4.78 is 5.25. The molecule has 1 saturated heterocycles. The summed E-state index contributed by atoms with van der Waals surface area (Å²) in [6.45, 7) is 5.18. The Labute approximate surface area is 126 Å². The lowest BCUT2D eigenvalue weighted by molar-refractivity contribution is -0.143. The molecule has 0 aliphatic carbocycles.